The highest BCUT2D eigenvalue weighted by Gasteiger charge is 2.19. The van der Waals surface area contributed by atoms with Crippen molar-refractivity contribution < 1.29 is 9.50 Å². The Kier molecular flexibility index (Phi) is 4.15. The molecular formula is C17H19FN2O. The lowest BCUT2D eigenvalue weighted by Gasteiger charge is -2.32. The van der Waals surface area contributed by atoms with Crippen molar-refractivity contribution in [2.75, 3.05) is 24.6 Å². The van der Waals surface area contributed by atoms with E-state index in [0.29, 0.717) is 5.92 Å². The van der Waals surface area contributed by atoms with E-state index in [4.69, 9.17) is 5.11 Å². The van der Waals surface area contributed by atoms with Crippen molar-refractivity contribution in [3.63, 3.8) is 0 Å². The number of halogens is 1. The van der Waals surface area contributed by atoms with Crippen LogP contribution in [0.3, 0.4) is 0 Å². The molecule has 2 aromatic rings. The van der Waals surface area contributed by atoms with Gasteiger partial charge < -0.3 is 10.0 Å². The summed E-state index contributed by atoms with van der Waals surface area (Å²) in [5.41, 5.74) is 0. The Labute approximate surface area is 123 Å². The van der Waals surface area contributed by atoms with E-state index < -0.39 is 0 Å². The summed E-state index contributed by atoms with van der Waals surface area (Å²) in [6.45, 7) is 1.91. The average Bonchev–Trinajstić information content (AvgIpc) is 2.53. The number of fused-ring (bicyclic) bond motifs is 1. The Morgan fingerprint density at radius 1 is 1.29 bits per heavy atom. The van der Waals surface area contributed by atoms with Crippen molar-refractivity contribution in [2.24, 2.45) is 5.92 Å². The van der Waals surface area contributed by atoms with Gasteiger partial charge in [-0.15, -0.1) is 0 Å². The summed E-state index contributed by atoms with van der Waals surface area (Å²) < 4.78 is 13.5. The van der Waals surface area contributed by atoms with Crippen molar-refractivity contribution in [1.82, 2.24) is 4.98 Å². The van der Waals surface area contributed by atoms with Gasteiger partial charge in [0.15, 0.2) is 0 Å². The lowest BCUT2D eigenvalue weighted by molar-refractivity contribution is 0.340. The van der Waals surface area contributed by atoms with Crippen LogP contribution in [0.5, 0.6) is 0 Å². The van der Waals surface area contributed by atoms with Gasteiger partial charge in [-0.05, 0) is 42.3 Å². The van der Waals surface area contributed by atoms with Gasteiger partial charge in [-0.2, -0.15) is 0 Å². The first-order chi connectivity index (χ1) is 10.3. The number of benzene rings is 1. The van der Waals surface area contributed by atoms with Crippen molar-refractivity contribution >= 4 is 16.6 Å². The van der Waals surface area contributed by atoms with E-state index in [1.165, 1.54) is 6.07 Å². The topological polar surface area (TPSA) is 36.4 Å². The van der Waals surface area contributed by atoms with Crippen LogP contribution in [0.15, 0.2) is 42.6 Å². The number of anilines is 1. The molecule has 1 saturated heterocycles. The molecule has 4 heteroatoms. The minimum Gasteiger partial charge on any atom is -0.392 e. The standard InChI is InChI=1S/C17H19FN2O/c18-15-4-3-14-5-8-19-17(16(14)12-15)20-9-6-13(7-10-20)2-1-11-21/h1-5,8,12-13,21H,6-7,9-11H2/b2-1+. The van der Waals surface area contributed by atoms with Crippen LogP contribution in [0.25, 0.3) is 10.8 Å². The van der Waals surface area contributed by atoms with E-state index in [1.807, 2.05) is 12.1 Å². The van der Waals surface area contributed by atoms with Crippen LogP contribution in [-0.2, 0) is 0 Å². The quantitative estimate of drug-likeness (QED) is 0.881. The van der Waals surface area contributed by atoms with Gasteiger partial charge in [0, 0.05) is 24.7 Å². The summed E-state index contributed by atoms with van der Waals surface area (Å²) in [7, 11) is 0. The lowest BCUT2D eigenvalue weighted by atomic mass is 9.96. The minimum atomic E-state index is -0.225. The summed E-state index contributed by atoms with van der Waals surface area (Å²) in [6.07, 6.45) is 7.75. The molecule has 1 aliphatic heterocycles. The number of piperidine rings is 1. The molecule has 0 radical (unpaired) electrons. The zero-order chi connectivity index (χ0) is 14.7. The van der Waals surface area contributed by atoms with Crippen LogP contribution in [-0.4, -0.2) is 29.8 Å². The SMILES string of the molecule is OC/C=C/C1CCN(c2nccc3ccc(F)cc23)CC1. The number of rotatable bonds is 3. The Balaban J connectivity index is 1.82. The monoisotopic (exact) mass is 286 g/mol. The summed E-state index contributed by atoms with van der Waals surface area (Å²) in [5, 5.41) is 10.7. The number of aliphatic hydroxyl groups is 1. The van der Waals surface area contributed by atoms with Gasteiger partial charge in [-0.1, -0.05) is 18.2 Å². The van der Waals surface area contributed by atoms with E-state index in [9.17, 15) is 4.39 Å². The van der Waals surface area contributed by atoms with Crippen molar-refractivity contribution in [3.05, 3.63) is 48.4 Å². The Morgan fingerprint density at radius 3 is 2.86 bits per heavy atom. The maximum absolute atomic E-state index is 13.5. The fraction of sp³-hybridized carbons (Fsp3) is 0.353. The molecule has 0 amide bonds. The second-order valence-corrected chi connectivity index (χ2v) is 5.44. The molecule has 3 rings (SSSR count). The van der Waals surface area contributed by atoms with E-state index in [1.54, 1.807) is 18.3 Å². The largest absolute Gasteiger partial charge is 0.392 e. The van der Waals surface area contributed by atoms with Crippen molar-refractivity contribution in [2.45, 2.75) is 12.8 Å². The number of aromatic nitrogens is 1. The van der Waals surface area contributed by atoms with Gasteiger partial charge in [0.25, 0.3) is 0 Å². The van der Waals surface area contributed by atoms with Gasteiger partial charge in [0.05, 0.1) is 6.61 Å². The van der Waals surface area contributed by atoms with Gasteiger partial charge >= 0.3 is 0 Å². The molecule has 0 bridgehead atoms. The first-order valence-electron chi connectivity index (χ1n) is 7.34. The highest BCUT2D eigenvalue weighted by atomic mass is 19.1. The Bertz CT molecular complexity index is 648. The molecule has 0 aliphatic carbocycles. The van der Waals surface area contributed by atoms with Crippen molar-refractivity contribution in [3.8, 4) is 0 Å². The maximum atomic E-state index is 13.5. The van der Waals surface area contributed by atoms with Crippen LogP contribution < -0.4 is 4.90 Å². The number of nitrogens with zero attached hydrogens (tertiary/aromatic N) is 2. The van der Waals surface area contributed by atoms with Crippen LogP contribution in [0.1, 0.15) is 12.8 Å². The third-order valence-corrected chi connectivity index (χ3v) is 4.06. The maximum Gasteiger partial charge on any atom is 0.136 e. The first kappa shape index (κ1) is 14.0. The molecule has 1 fully saturated rings. The smallest absolute Gasteiger partial charge is 0.136 e. The normalized spacial score (nSPS) is 17.0. The number of pyridine rings is 1. The van der Waals surface area contributed by atoms with E-state index in [-0.39, 0.29) is 12.4 Å². The molecule has 0 unspecified atom stereocenters. The van der Waals surface area contributed by atoms with Gasteiger partial charge in [0.2, 0.25) is 0 Å². The molecule has 2 heterocycles. The van der Waals surface area contributed by atoms with E-state index in [0.717, 1.165) is 42.5 Å². The second-order valence-electron chi connectivity index (χ2n) is 5.44. The summed E-state index contributed by atoms with van der Waals surface area (Å²) in [4.78, 5) is 6.69. The highest BCUT2D eigenvalue weighted by Crippen LogP contribution is 2.29. The molecule has 1 N–H and O–H groups in total. The van der Waals surface area contributed by atoms with Crippen LogP contribution >= 0.6 is 0 Å². The number of aliphatic hydroxyl groups excluding tert-OH is 1. The molecule has 1 aromatic heterocycles. The van der Waals surface area contributed by atoms with E-state index in [2.05, 4.69) is 16.0 Å². The number of hydrogen-bond acceptors (Lipinski definition) is 3. The predicted molar refractivity (Wildman–Crippen MR) is 82.9 cm³/mol. The fourth-order valence-corrected chi connectivity index (χ4v) is 2.93. The van der Waals surface area contributed by atoms with Crippen LogP contribution in [0, 0.1) is 11.7 Å². The van der Waals surface area contributed by atoms with Crippen LogP contribution in [0.4, 0.5) is 10.2 Å². The second kappa shape index (κ2) is 6.22. The minimum absolute atomic E-state index is 0.102. The number of hydrogen-bond donors (Lipinski definition) is 1. The fourth-order valence-electron chi connectivity index (χ4n) is 2.93. The van der Waals surface area contributed by atoms with Crippen LogP contribution in [0.2, 0.25) is 0 Å². The van der Waals surface area contributed by atoms with Crippen molar-refractivity contribution in [1.29, 1.82) is 0 Å². The van der Waals surface area contributed by atoms with Gasteiger partial charge in [-0.3, -0.25) is 0 Å². The highest BCUT2D eigenvalue weighted by molar-refractivity contribution is 5.92. The molecule has 0 atom stereocenters. The number of allylic oxidation sites excluding steroid dienone is 1. The summed E-state index contributed by atoms with van der Waals surface area (Å²) >= 11 is 0. The average molecular weight is 286 g/mol. The summed E-state index contributed by atoms with van der Waals surface area (Å²) in [5.74, 6) is 1.16. The predicted octanol–water partition coefficient (Wildman–Crippen LogP) is 3.14. The third-order valence-electron chi connectivity index (χ3n) is 4.06. The molecule has 0 spiro atoms. The molecule has 3 nitrogen and oxygen atoms in total. The molecule has 110 valence electrons. The Morgan fingerprint density at radius 2 is 2.10 bits per heavy atom. The molecule has 21 heavy (non-hydrogen) atoms. The summed E-state index contributed by atoms with van der Waals surface area (Å²) in [6, 6.07) is 6.76. The molecule has 1 aromatic carbocycles. The van der Waals surface area contributed by atoms with Gasteiger partial charge in [-0.25, -0.2) is 9.37 Å². The molecular weight excluding hydrogens is 267 g/mol. The van der Waals surface area contributed by atoms with Gasteiger partial charge in [0.1, 0.15) is 11.6 Å². The Hall–Kier alpha value is -1.94. The molecule has 0 saturated carbocycles. The third kappa shape index (κ3) is 3.05. The molecule has 1 aliphatic rings. The zero-order valence-electron chi connectivity index (χ0n) is 11.9. The zero-order valence-corrected chi connectivity index (χ0v) is 11.9. The van der Waals surface area contributed by atoms with E-state index >= 15 is 0 Å². The first-order valence-corrected chi connectivity index (χ1v) is 7.34. The lowest BCUT2D eigenvalue weighted by Crippen LogP contribution is -2.33.